The highest BCUT2D eigenvalue weighted by Gasteiger charge is 2.54. The van der Waals surface area contributed by atoms with Gasteiger partial charge in [0.1, 0.15) is 0 Å². The Morgan fingerprint density at radius 1 is 1.50 bits per heavy atom. The van der Waals surface area contributed by atoms with Crippen LogP contribution in [0.1, 0.15) is 0 Å². The van der Waals surface area contributed by atoms with E-state index in [1.165, 1.54) is 0 Å². The lowest BCUT2D eigenvalue weighted by molar-refractivity contribution is -0.138. The molecular weight excluding hydrogens is 156 g/mol. The first kappa shape index (κ1) is 8.01. The van der Waals surface area contributed by atoms with Crippen molar-refractivity contribution in [1.29, 1.82) is 0 Å². The summed E-state index contributed by atoms with van der Waals surface area (Å²) in [6.45, 7) is 2.86. The zero-order valence-electron chi connectivity index (χ0n) is 6.94. The first-order chi connectivity index (χ1) is 5.72. The van der Waals surface area contributed by atoms with Gasteiger partial charge in [-0.05, 0) is 24.3 Å². The van der Waals surface area contributed by atoms with Crippen LogP contribution in [0.2, 0.25) is 0 Å². The molecule has 1 aliphatic heterocycles. The molecule has 4 nitrogen and oxygen atoms in total. The molecule has 0 spiro atoms. The molecule has 3 N–H and O–H groups in total. The Hall–Kier alpha value is -0.610. The second-order valence-electron chi connectivity index (χ2n) is 3.82. The summed E-state index contributed by atoms with van der Waals surface area (Å²) in [7, 11) is 0. The Morgan fingerprint density at radius 2 is 2.08 bits per heavy atom. The average molecular weight is 170 g/mol. The van der Waals surface area contributed by atoms with Crippen LogP contribution in [0.5, 0.6) is 0 Å². The summed E-state index contributed by atoms with van der Waals surface area (Å²) >= 11 is 0. The highest BCUT2D eigenvalue weighted by atomic mass is 16.4. The number of carboxylic acids is 1. The highest BCUT2D eigenvalue weighted by Crippen LogP contribution is 2.50. The summed E-state index contributed by atoms with van der Waals surface area (Å²) in [6, 6.07) is 0. The maximum Gasteiger partial charge on any atom is 0.317 e. The van der Waals surface area contributed by atoms with Crippen molar-refractivity contribution in [2.24, 2.45) is 23.5 Å². The largest absolute Gasteiger partial charge is 0.480 e. The quantitative estimate of drug-likeness (QED) is 0.582. The van der Waals surface area contributed by atoms with Crippen LogP contribution in [-0.2, 0) is 4.79 Å². The normalized spacial score (nSPS) is 39.6. The Kier molecular flexibility index (Phi) is 1.81. The molecule has 2 atom stereocenters. The number of piperidine rings is 1. The average Bonchev–Trinajstić information content (AvgIpc) is 2.45. The molecule has 2 aliphatic rings. The van der Waals surface area contributed by atoms with E-state index in [4.69, 9.17) is 10.8 Å². The number of hydrogen-bond donors (Lipinski definition) is 2. The van der Waals surface area contributed by atoms with Crippen molar-refractivity contribution in [3.63, 3.8) is 0 Å². The first-order valence-electron chi connectivity index (χ1n) is 4.36. The second kappa shape index (κ2) is 2.71. The van der Waals surface area contributed by atoms with Crippen LogP contribution in [0.3, 0.4) is 0 Å². The molecule has 68 valence electrons. The van der Waals surface area contributed by atoms with Crippen molar-refractivity contribution in [3.05, 3.63) is 0 Å². The number of rotatable bonds is 3. The van der Waals surface area contributed by atoms with Gasteiger partial charge >= 0.3 is 5.97 Å². The van der Waals surface area contributed by atoms with Gasteiger partial charge in [-0.2, -0.15) is 0 Å². The summed E-state index contributed by atoms with van der Waals surface area (Å²) in [6.07, 6.45) is 0. The maximum atomic E-state index is 10.4. The standard InChI is InChI=1S/C8H14N2O2/c9-1-5-6-2-10(3-7(5)6)4-8(11)12/h5-7H,1-4,9H2,(H,11,12). The second-order valence-corrected chi connectivity index (χ2v) is 3.82. The van der Waals surface area contributed by atoms with E-state index in [-0.39, 0.29) is 6.54 Å². The fourth-order valence-corrected chi connectivity index (χ4v) is 2.41. The lowest BCUT2D eigenvalue weighted by Crippen LogP contribution is -2.31. The van der Waals surface area contributed by atoms with Gasteiger partial charge in [-0.25, -0.2) is 0 Å². The minimum atomic E-state index is -0.722. The number of nitrogens with zero attached hydrogens (tertiary/aromatic N) is 1. The van der Waals surface area contributed by atoms with Gasteiger partial charge in [-0.1, -0.05) is 0 Å². The monoisotopic (exact) mass is 170 g/mol. The number of hydrogen-bond acceptors (Lipinski definition) is 3. The number of fused-ring (bicyclic) bond motifs is 1. The summed E-state index contributed by atoms with van der Waals surface area (Å²) in [5, 5.41) is 8.53. The molecule has 0 aromatic heterocycles. The Labute approximate surface area is 71.3 Å². The molecule has 0 aromatic rings. The minimum absolute atomic E-state index is 0.199. The Bertz CT molecular complexity index is 195. The van der Waals surface area contributed by atoms with E-state index in [2.05, 4.69) is 0 Å². The third-order valence-electron chi connectivity index (χ3n) is 3.08. The van der Waals surface area contributed by atoms with Crippen molar-refractivity contribution in [2.45, 2.75) is 0 Å². The van der Waals surface area contributed by atoms with Gasteiger partial charge < -0.3 is 10.8 Å². The third kappa shape index (κ3) is 1.21. The van der Waals surface area contributed by atoms with Crippen LogP contribution in [0.4, 0.5) is 0 Å². The van der Waals surface area contributed by atoms with Gasteiger partial charge in [0.2, 0.25) is 0 Å². The number of carbonyl (C=O) groups is 1. The van der Waals surface area contributed by atoms with E-state index < -0.39 is 5.97 Å². The van der Waals surface area contributed by atoms with Gasteiger partial charge in [-0.15, -0.1) is 0 Å². The van der Waals surface area contributed by atoms with Gasteiger partial charge in [0.25, 0.3) is 0 Å². The van der Waals surface area contributed by atoms with Crippen LogP contribution >= 0.6 is 0 Å². The summed E-state index contributed by atoms with van der Waals surface area (Å²) in [4.78, 5) is 12.4. The zero-order valence-corrected chi connectivity index (χ0v) is 6.94. The van der Waals surface area contributed by atoms with E-state index in [1.54, 1.807) is 0 Å². The van der Waals surface area contributed by atoms with E-state index in [0.29, 0.717) is 17.8 Å². The van der Waals surface area contributed by atoms with Crippen molar-refractivity contribution in [1.82, 2.24) is 4.90 Å². The predicted octanol–water partition coefficient (Wildman–Crippen LogP) is -0.792. The molecule has 1 saturated heterocycles. The van der Waals surface area contributed by atoms with Gasteiger partial charge in [0.05, 0.1) is 6.54 Å². The topological polar surface area (TPSA) is 66.6 Å². The van der Waals surface area contributed by atoms with E-state index in [0.717, 1.165) is 19.6 Å². The Morgan fingerprint density at radius 3 is 2.50 bits per heavy atom. The van der Waals surface area contributed by atoms with Crippen LogP contribution < -0.4 is 5.73 Å². The summed E-state index contributed by atoms with van der Waals surface area (Å²) < 4.78 is 0. The van der Waals surface area contributed by atoms with Gasteiger partial charge in [0, 0.05) is 13.1 Å². The van der Waals surface area contributed by atoms with Crippen molar-refractivity contribution < 1.29 is 9.90 Å². The van der Waals surface area contributed by atoms with Crippen LogP contribution in [0.15, 0.2) is 0 Å². The van der Waals surface area contributed by atoms with Crippen molar-refractivity contribution >= 4 is 5.97 Å². The summed E-state index contributed by atoms with van der Waals surface area (Å²) in [5.41, 5.74) is 5.54. The maximum absolute atomic E-state index is 10.4. The fourth-order valence-electron chi connectivity index (χ4n) is 2.41. The molecule has 0 bridgehead atoms. The molecule has 12 heavy (non-hydrogen) atoms. The predicted molar refractivity (Wildman–Crippen MR) is 43.6 cm³/mol. The minimum Gasteiger partial charge on any atom is -0.480 e. The first-order valence-corrected chi connectivity index (χ1v) is 4.36. The fraction of sp³-hybridized carbons (Fsp3) is 0.875. The molecule has 2 rings (SSSR count). The molecular formula is C8H14N2O2. The number of aliphatic carboxylic acids is 1. The number of nitrogens with two attached hydrogens (primary N) is 1. The molecule has 4 heteroatoms. The van der Waals surface area contributed by atoms with Gasteiger partial charge in [0.15, 0.2) is 0 Å². The lowest BCUT2D eigenvalue weighted by atomic mass is 10.2. The van der Waals surface area contributed by atoms with Crippen molar-refractivity contribution in [3.8, 4) is 0 Å². The van der Waals surface area contributed by atoms with Crippen LogP contribution in [0.25, 0.3) is 0 Å². The van der Waals surface area contributed by atoms with E-state index in [1.807, 2.05) is 4.90 Å². The third-order valence-corrected chi connectivity index (χ3v) is 3.08. The molecule has 2 unspecified atom stereocenters. The summed E-state index contributed by atoms with van der Waals surface area (Å²) in [5.74, 6) is 1.37. The molecule has 2 fully saturated rings. The Balaban J connectivity index is 1.78. The molecule has 1 saturated carbocycles. The highest BCUT2D eigenvalue weighted by molar-refractivity contribution is 5.69. The molecule has 0 aromatic carbocycles. The number of carboxylic acid groups (broad SMARTS) is 1. The van der Waals surface area contributed by atoms with Gasteiger partial charge in [-0.3, -0.25) is 9.69 Å². The van der Waals surface area contributed by atoms with Crippen LogP contribution in [0, 0.1) is 17.8 Å². The van der Waals surface area contributed by atoms with E-state index in [9.17, 15) is 4.79 Å². The van der Waals surface area contributed by atoms with Crippen LogP contribution in [-0.4, -0.2) is 42.2 Å². The molecule has 0 amide bonds. The number of likely N-dealkylation sites (tertiary alicyclic amines) is 1. The van der Waals surface area contributed by atoms with E-state index >= 15 is 0 Å². The van der Waals surface area contributed by atoms with Crippen molar-refractivity contribution in [2.75, 3.05) is 26.2 Å². The smallest absolute Gasteiger partial charge is 0.317 e. The zero-order chi connectivity index (χ0) is 8.72. The SMILES string of the molecule is NCC1C2CN(CC(=O)O)CC12. The molecule has 0 radical (unpaired) electrons. The molecule has 1 heterocycles. The molecule has 1 aliphatic carbocycles. The lowest BCUT2D eigenvalue weighted by Gasteiger charge is -2.15.